The van der Waals surface area contributed by atoms with Crippen molar-refractivity contribution in [1.29, 1.82) is 0 Å². The molecular weight excluding hydrogens is 262 g/mol. The summed E-state index contributed by atoms with van der Waals surface area (Å²) in [6.07, 6.45) is 0. The Kier molecular flexibility index (Phi) is 10.1. The Morgan fingerprint density at radius 3 is 2.27 bits per heavy atom. The second-order valence-electron chi connectivity index (χ2n) is 2.23. The molecule has 0 aliphatic carbocycles. The molecule has 0 amide bonds. The van der Waals surface area contributed by atoms with Gasteiger partial charge in [-0.3, -0.25) is 0 Å². The predicted octanol–water partition coefficient (Wildman–Crippen LogP) is -4.15. The molecule has 1 rings (SSSR count). The van der Waals surface area contributed by atoms with E-state index in [2.05, 4.69) is 0 Å². The number of benzene rings is 1. The van der Waals surface area contributed by atoms with Crippen molar-refractivity contribution in [2.24, 2.45) is 0 Å². The monoisotopic (exact) mass is 268 g/mol. The minimum absolute atomic E-state index is 0. The van der Waals surface area contributed by atoms with Crippen LogP contribution in [0.2, 0.25) is 5.02 Å². The van der Waals surface area contributed by atoms with E-state index in [0.29, 0.717) is 0 Å². The average molecular weight is 269 g/mol. The third-order valence-electron chi connectivity index (χ3n) is 1.32. The van der Waals surface area contributed by atoms with Gasteiger partial charge < -0.3 is 12.5 Å². The van der Waals surface area contributed by atoms with E-state index in [0.717, 1.165) is 6.07 Å². The van der Waals surface area contributed by atoms with Gasteiger partial charge in [0.1, 0.15) is 0 Å². The minimum Gasteiger partial charge on any atom is -1.00 e. The van der Waals surface area contributed by atoms with E-state index >= 15 is 0 Å². The fourth-order valence-electron chi connectivity index (χ4n) is 0.787. The first kappa shape index (κ1) is 18.5. The van der Waals surface area contributed by atoms with Crippen LogP contribution in [0, 0.1) is 0 Å². The minimum atomic E-state index is -2.21. The molecule has 0 spiro atoms. The number of hydrogen-bond acceptors (Lipinski definition) is 2. The van der Waals surface area contributed by atoms with E-state index in [4.69, 9.17) is 21.3 Å². The van der Waals surface area contributed by atoms with Crippen LogP contribution in [0.15, 0.2) is 23.1 Å². The van der Waals surface area contributed by atoms with Gasteiger partial charge in [0.15, 0.2) is 11.1 Å². The van der Waals surface area contributed by atoms with Gasteiger partial charge in [0.05, 0.1) is 10.5 Å². The number of carbonyl (C=O) groups is 1. The molecule has 8 heteroatoms. The van der Waals surface area contributed by atoms with Crippen molar-refractivity contribution < 1.29 is 80.6 Å². The number of rotatable bonds is 2. The van der Waals surface area contributed by atoms with Crippen molar-refractivity contribution >= 4 is 28.7 Å². The molecule has 1 aromatic rings. The van der Waals surface area contributed by atoms with Gasteiger partial charge in [0.25, 0.3) is 0 Å². The average Bonchev–Trinajstić information content (AvgIpc) is 2.03. The Morgan fingerprint density at radius 1 is 1.33 bits per heavy atom. The molecule has 1 unspecified atom stereocenters. The summed E-state index contributed by atoms with van der Waals surface area (Å²) in [6, 6.07) is 3.55. The molecule has 15 heavy (non-hydrogen) atoms. The third kappa shape index (κ3) is 5.81. The molecule has 0 aliphatic rings. The first-order chi connectivity index (χ1) is 6.00. The summed E-state index contributed by atoms with van der Waals surface area (Å²) >= 11 is 3.32. The number of carboxylic acids is 1. The van der Waals surface area contributed by atoms with Crippen molar-refractivity contribution in [2.75, 3.05) is 0 Å². The molecule has 1 atom stereocenters. The molecule has 2 N–H and O–H groups in total. The maximum absolute atomic E-state index is 10.6. The molecule has 74 valence electrons. The van der Waals surface area contributed by atoms with Gasteiger partial charge >= 0.3 is 65.1 Å². The van der Waals surface area contributed by atoms with Crippen LogP contribution >= 0.6 is 11.6 Å². The summed E-state index contributed by atoms with van der Waals surface area (Å²) < 4.78 is 19.3. The quantitative estimate of drug-likeness (QED) is 0.422. The molecular formula is C7H7ClNa2O4S. The Bertz CT molecular complexity index is 362. The first-order valence-corrected chi connectivity index (χ1v) is 4.64. The number of carboxylic acid groups (broad SMARTS) is 1. The van der Waals surface area contributed by atoms with Crippen molar-refractivity contribution in [2.45, 2.75) is 4.90 Å². The number of aromatic carboxylic acids is 1. The zero-order valence-electron chi connectivity index (χ0n) is 10.2. The second kappa shape index (κ2) is 8.22. The van der Waals surface area contributed by atoms with Gasteiger partial charge in [-0.25, -0.2) is 9.00 Å². The van der Waals surface area contributed by atoms with Gasteiger partial charge in [0, 0.05) is 5.02 Å². The van der Waals surface area contributed by atoms with Crippen LogP contribution in [0.25, 0.3) is 0 Å². The van der Waals surface area contributed by atoms with Gasteiger partial charge in [0.2, 0.25) is 0 Å². The summed E-state index contributed by atoms with van der Waals surface area (Å²) in [5.41, 5.74) is -0.107. The predicted molar refractivity (Wildman–Crippen MR) is 49.7 cm³/mol. The SMILES string of the molecule is O=C(O)c1cc(Cl)cc(S(=O)O)c1.[H-].[H-].[Na+].[Na+]. The molecule has 0 saturated carbocycles. The molecule has 0 saturated heterocycles. The molecule has 0 aliphatic heterocycles. The fourth-order valence-corrected chi connectivity index (χ4v) is 1.54. The summed E-state index contributed by atoms with van der Waals surface area (Å²) in [6.45, 7) is 0. The zero-order valence-corrected chi connectivity index (χ0v) is 13.8. The van der Waals surface area contributed by atoms with Crippen molar-refractivity contribution in [3.63, 3.8) is 0 Å². The summed E-state index contributed by atoms with van der Waals surface area (Å²) in [7, 11) is 0. The van der Waals surface area contributed by atoms with Gasteiger partial charge in [-0.2, -0.15) is 0 Å². The van der Waals surface area contributed by atoms with Crippen LogP contribution in [0.4, 0.5) is 0 Å². The topological polar surface area (TPSA) is 74.6 Å². The smallest absolute Gasteiger partial charge is 1.00 e. The van der Waals surface area contributed by atoms with Crippen LogP contribution in [0.5, 0.6) is 0 Å². The maximum Gasteiger partial charge on any atom is 1.00 e. The van der Waals surface area contributed by atoms with Crippen molar-refractivity contribution in [3.8, 4) is 0 Å². The Hall–Kier alpha value is 1.09. The fraction of sp³-hybridized carbons (Fsp3) is 0. The summed E-state index contributed by atoms with van der Waals surface area (Å²) in [4.78, 5) is 10.5. The molecule has 1 aromatic carbocycles. The molecule has 0 fully saturated rings. The van der Waals surface area contributed by atoms with E-state index < -0.39 is 17.0 Å². The number of hydrogen-bond donors (Lipinski definition) is 2. The van der Waals surface area contributed by atoms with E-state index in [1.807, 2.05) is 0 Å². The van der Waals surface area contributed by atoms with Crippen molar-refractivity contribution in [3.05, 3.63) is 28.8 Å². The number of halogens is 1. The molecule has 0 heterocycles. The maximum atomic E-state index is 10.6. The largest absolute Gasteiger partial charge is 1.00 e. The third-order valence-corrected chi connectivity index (χ3v) is 2.18. The van der Waals surface area contributed by atoms with Gasteiger partial charge in [-0.15, -0.1) is 0 Å². The second-order valence-corrected chi connectivity index (χ2v) is 3.64. The van der Waals surface area contributed by atoms with Crippen LogP contribution in [-0.4, -0.2) is 19.8 Å². The summed E-state index contributed by atoms with van der Waals surface area (Å²) in [5.74, 6) is -1.19. The molecule has 0 radical (unpaired) electrons. The van der Waals surface area contributed by atoms with Gasteiger partial charge in [-0.05, 0) is 18.2 Å². The Labute approximate surface area is 141 Å². The molecule has 0 bridgehead atoms. The van der Waals surface area contributed by atoms with E-state index in [9.17, 15) is 9.00 Å². The van der Waals surface area contributed by atoms with Crippen LogP contribution in [0.1, 0.15) is 13.2 Å². The van der Waals surface area contributed by atoms with E-state index in [1.54, 1.807) is 0 Å². The standard InChI is InChI=1S/C7H5ClO4S.2Na.2H/c8-5-1-4(7(9)10)2-6(3-5)13(11)12;;;;/h1-3H,(H,9,10)(H,11,12);;;;/q;2*+1;2*-1. The van der Waals surface area contributed by atoms with E-state index in [1.165, 1.54) is 12.1 Å². The molecule has 0 aromatic heterocycles. The zero-order chi connectivity index (χ0) is 10.0. The Balaban J connectivity index is -0.000000211. The Morgan fingerprint density at radius 2 is 1.87 bits per heavy atom. The van der Waals surface area contributed by atoms with Gasteiger partial charge in [-0.1, -0.05) is 11.6 Å². The van der Waals surface area contributed by atoms with Crippen LogP contribution in [0.3, 0.4) is 0 Å². The normalized spacial score (nSPS) is 10.8. The first-order valence-electron chi connectivity index (χ1n) is 3.15. The van der Waals surface area contributed by atoms with Crippen LogP contribution in [-0.2, 0) is 11.1 Å². The molecule has 4 nitrogen and oxygen atoms in total. The van der Waals surface area contributed by atoms with Crippen molar-refractivity contribution in [1.82, 2.24) is 0 Å². The van der Waals surface area contributed by atoms with E-state index in [-0.39, 0.29) is 77.4 Å². The van der Waals surface area contributed by atoms with Crippen LogP contribution < -0.4 is 59.1 Å². The summed E-state index contributed by atoms with van der Waals surface area (Å²) in [5, 5.41) is 8.70.